The lowest BCUT2D eigenvalue weighted by molar-refractivity contribution is -0.141. The van der Waals surface area contributed by atoms with E-state index in [9.17, 15) is 9.59 Å². The molecule has 2 heterocycles. The first kappa shape index (κ1) is 17.0. The Labute approximate surface area is 139 Å². The number of amides is 2. The first-order chi connectivity index (χ1) is 10.4. The van der Waals surface area contributed by atoms with Gasteiger partial charge in [0.1, 0.15) is 6.04 Å². The maximum absolute atomic E-state index is 12.5. The summed E-state index contributed by atoms with van der Waals surface area (Å²) < 4.78 is 0. The standard InChI is InChI=1S/C15H21N3O2S2/c1-10(2)17(4)15(20)13-8-21-9-18(13)14(19)6-5-12-7-22-11(3)16-12/h5-7,10,13H,8-9H2,1-4H3. The number of carbonyl (C=O) groups excluding carboxylic acids is 2. The van der Waals surface area contributed by atoms with Gasteiger partial charge >= 0.3 is 0 Å². The Balaban J connectivity index is 2.05. The summed E-state index contributed by atoms with van der Waals surface area (Å²) in [6.45, 7) is 5.87. The van der Waals surface area contributed by atoms with E-state index >= 15 is 0 Å². The quantitative estimate of drug-likeness (QED) is 0.790. The molecule has 1 aromatic rings. The largest absolute Gasteiger partial charge is 0.342 e. The van der Waals surface area contributed by atoms with Crippen LogP contribution in [0.4, 0.5) is 0 Å². The third-order valence-electron chi connectivity index (χ3n) is 3.61. The van der Waals surface area contributed by atoms with Crippen LogP contribution >= 0.6 is 23.1 Å². The molecular weight excluding hydrogens is 318 g/mol. The van der Waals surface area contributed by atoms with E-state index in [0.717, 1.165) is 10.7 Å². The summed E-state index contributed by atoms with van der Waals surface area (Å²) in [6.07, 6.45) is 3.22. The number of nitrogens with zero attached hydrogens (tertiary/aromatic N) is 3. The highest BCUT2D eigenvalue weighted by Crippen LogP contribution is 2.23. The number of hydrogen-bond donors (Lipinski definition) is 0. The molecule has 0 aliphatic carbocycles. The van der Waals surface area contributed by atoms with E-state index in [2.05, 4.69) is 4.98 Å². The van der Waals surface area contributed by atoms with Crippen LogP contribution in [0.15, 0.2) is 11.5 Å². The van der Waals surface area contributed by atoms with Gasteiger partial charge in [0.2, 0.25) is 11.8 Å². The molecule has 22 heavy (non-hydrogen) atoms. The van der Waals surface area contributed by atoms with E-state index in [-0.39, 0.29) is 23.9 Å². The molecule has 1 fully saturated rings. The van der Waals surface area contributed by atoms with Gasteiger partial charge in [-0.1, -0.05) is 0 Å². The fourth-order valence-corrected chi connectivity index (χ4v) is 3.80. The average Bonchev–Trinajstić information content (AvgIpc) is 3.11. The molecule has 2 rings (SSSR count). The van der Waals surface area contributed by atoms with Crippen molar-refractivity contribution in [2.75, 3.05) is 18.7 Å². The summed E-state index contributed by atoms with van der Waals surface area (Å²) in [6, 6.07) is -0.240. The third kappa shape index (κ3) is 3.89. The number of carbonyl (C=O) groups is 2. The second kappa shape index (κ2) is 7.28. The number of thioether (sulfide) groups is 1. The predicted molar refractivity (Wildman–Crippen MR) is 91.8 cm³/mol. The zero-order valence-electron chi connectivity index (χ0n) is 13.3. The second-order valence-electron chi connectivity index (χ2n) is 5.49. The molecule has 0 saturated carbocycles. The SMILES string of the molecule is Cc1nc(C=CC(=O)N2CSCC2C(=O)N(C)C(C)C)cs1. The second-order valence-corrected chi connectivity index (χ2v) is 7.55. The lowest BCUT2D eigenvalue weighted by Crippen LogP contribution is -2.49. The summed E-state index contributed by atoms with van der Waals surface area (Å²) >= 11 is 3.16. The molecule has 0 N–H and O–H groups in total. The van der Waals surface area contributed by atoms with Gasteiger partial charge in [0.25, 0.3) is 0 Å². The van der Waals surface area contributed by atoms with Gasteiger partial charge in [0.05, 0.1) is 16.6 Å². The average molecular weight is 339 g/mol. The molecule has 1 atom stereocenters. The maximum Gasteiger partial charge on any atom is 0.248 e. The van der Waals surface area contributed by atoms with Crippen molar-refractivity contribution in [3.63, 3.8) is 0 Å². The third-order valence-corrected chi connectivity index (χ3v) is 5.41. The van der Waals surface area contributed by atoms with E-state index in [1.807, 2.05) is 26.2 Å². The Morgan fingerprint density at radius 1 is 1.50 bits per heavy atom. The molecule has 7 heteroatoms. The van der Waals surface area contributed by atoms with Gasteiger partial charge in [-0.05, 0) is 26.8 Å². The predicted octanol–water partition coefficient (Wildman–Crippen LogP) is 2.23. The Bertz CT molecular complexity index is 583. The van der Waals surface area contributed by atoms with E-state index in [1.165, 1.54) is 6.08 Å². The van der Waals surface area contributed by atoms with E-state index in [1.54, 1.807) is 46.0 Å². The summed E-state index contributed by atoms with van der Waals surface area (Å²) in [5, 5.41) is 2.88. The topological polar surface area (TPSA) is 53.5 Å². The molecule has 1 aromatic heterocycles. The van der Waals surface area contributed by atoms with Crippen LogP contribution in [0.25, 0.3) is 6.08 Å². The van der Waals surface area contributed by atoms with Crippen LogP contribution in [0.2, 0.25) is 0 Å². The van der Waals surface area contributed by atoms with Gasteiger partial charge in [-0.25, -0.2) is 4.98 Å². The minimum atomic E-state index is -0.369. The van der Waals surface area contributed by atoms with Gasteiger partial charge in [-0.15, -0.1) is 23.1 Å². The Hall–Kier alpha value is -1.34. The van der Waals surface area contributed by atoms with Crippen molar-refractivity contribution in [2.24, 2.45) is 0 Å². The molecule has 0 radical (unpaired) electrons. The monoisotopic (exact) mass is 339 g/mol. The molecule has 0 spiro atoms. The lowest BCUT2D eigenvalue weighted by atomic mass is 10.2. The summed E-state index contributed by atoms with van der Waals surface area (Å²) in [5.74, 6) is 1.09. The zero-order valence-corrected chi connectivity index (χ0v) is 14.9. The molecule has 5 nitrogen and oxygen atoms in total. The van der Waals surface area contributed by atoms with E-state index in [0.29, 0.717) is 11.6 Å². The van der Waals surface area contributed by atoms with Crippen molar-refractivity contribution in [1.29, 1.82) is 0 Å². The molecule has 0 bridgehead atoms. The Morgan fingerprint density at radius 3 is 2.82 bits per heavy atom. The van der Waals surface area contributed by atoms with Crippen LogP contribution < -0.4 is 0 Å². The molecule has 2 amide bonds. The highest BCUT2D eigenvalue weighted by Gasteiger charge is 2.35. The highest BCUT2D eigenvalue weighted by atomic mass is 32.2. The first-order valence-electron chi connectivity index (χ1n) is 7.15. The van der Waals surface area contributed by atoms with Crippen LogP contribution in [0.5, 0.6) is 0 Å². The number of hydrogen-bond acceptors (Lipinski definition) is 5. The van der Waals surface area contributed by atoms with Crippen LogP contribution in [-0.4, -0.2) is 57.4 Å². The Kier molecular flexibility index (Phi) is 5.63. The first-order valence-corrected chi connectivity index (χ1v) is 9.19. The number of thiazole rings is 1. The molecule has 1 aliphatic rings. The highest BCUT2D eigenvalue weighted by molar-refractivity contribution is 7.99. The fourth-order valence-electron chi connectivity index (χ4n) is 2.06. The van der Waals surface area contributed by atoms with Crippen molar-refractivity contribution < 1.29 is 9.59 Å². The number of rotatable bonds is 4. The van der Waals surface area contributed by atoms with Crippen molar-refractivity contribution in [2.45, 2.75) is 32.9 Å². The van der Waals surface area contributed by atoms with Crippen molar-refractivity contribution in [3.8, 4) is 0 Å². The van der Waals surface area contributed by atoms with Gasteiger partial charge in [-0.2, -0.15) is 0 Å². The van der Waals surface area contributed by atoms with E-state index < -0.39 is 0 Å². The van der Waals surface area contributed by atoms with Crippen LogP contribution in [0.1, 0.15) is 24.5 Å². The van der Waals surface area contributed by atoms with Crippen molar-refractivity contribution >= 4 is 41.0 Å². The van der Waals surface area contributed by atoms with E-state index in [4.69, 9.17) is 0 Å². The fraction of sp³-hybridized carbons (Fsp3) is 0.533. The number of aryl methyl sites for hydroxylation is 1. The zero-order chi connectivity index (χ0) is 16.3. The summed E-state index contributed by atoms with van der Waals surface area (Å²) in [4.78, 5) is 32.5. The Morgan fingerprint density at radius 2 is 2.23 bits per heavy atom. The number of likely N-dealkylation sites (N-methyl/N-ethyl adjacent to an activating group) is 1. The smallest absolute Gasteiger partial charge is 0.248 e. The van der Waals surface area contributed by atoms with Gasteiger partial charge in [-0.3, -0.25) is 9.59 Å². The van der Waals surface area contributed by atoms with Crippen LogP contribution in [0, 0.1) is 6.92 Å². The minimum absolute atomic E-state index is 0.00579. The van der Waals surface area contributed by atoms with Crippen molar-refractivity contribution in [1.82, 2.24) is 14.8 Å². The molecular formula is C15H21N3O2S2. The number of aromatic nitrogens is 1. The van der Waals surface area contributed by atoms with Crippen LogP contribution in [-0.2, 0) is 9.59 Å². The molecule has 120 valence electrons. The van der Waals surface area contributed by atoms with Gasteiger partial charge in [0.15, 0.2) is 0 Å². The molecule has 1 aliphatic heterocycles. The maximum atomic E-state index is 12.5. The lowest BCUT2D eigenvalue weighted by Gasteiger charge is -2.29. The van der Waals surface area contributed by atoms with Crippen molar-refractivity contribution in [3.05, 3.63) is 22.2 Å². The molecule has 0 aromatic carbocycles. The van der Waals surface area contributed by atoms with Gasteiger partial charge in [0, 0.05) is 30.3 Å². The minimum Gasteiger partial charge on any atom is -0.342 e. The normalized spacial score (nSPS) is 18.4. The molecule has 1 saturated heterocycles. The summed E-state index contributed by atoms with van der Waals surface area (Å²) in [5.41, 5.74) is 0.782. The molecule has 1 unspecified atom stereocenters. The van der Waals surface area contributed by atoms with Crippen LogP contribution in [0.3, 0.4) is 0 Å². The van der Waals surface area contributed by atoms with Gasteiger partial charge < -0.3 is 9.80 Å². The summed E-state index contributed by atoms with van der Waals surface area (Å²) in [7, 11) is 1.78.